The maximum atomic E-state index is 13.2. The lowest BCUT2D eigenvalue weighted by Crippen LogP contribution is -2.48. The van der Waals surface area contributed by atoms with Crippen LogP contribution < -0.4 is 4.74 Å². The van der Waals surface area contributed by atoms with Crippen LogP contribution in [0.1, 0.15) is 39.0 Å². The van der Waals surface area contributed by atoms with Crippen LogP contribution in [0.5, 0.6) is 5.75 Å². The van der Waals surface area contributed by atoms with E-state index < -0.39 is 27.8 Å². The summed E-state index contributed by atoms with van der Waals surface area (Å²) in [7, 11) is -1.02. The minimum Gasteiger partial charge on any atom is -0.497 e. The molecule has 0 radical (unpaired) electrons. The molecule has 0 spiro atoms. The number of halogens is 3. The molecule has 216 valence electrons. The van der Waals surface area contributed by atoms with Crippen LogP contribution in [0.4, 0.5) is 13.2 Å². The Labute approximate surface area is 229 Å². The van der Waals surface area contributed by atoms with E-state index in [-0.39, 0.29) is 23.2 Å². The smallest absolute Gasteiger partial charge is 0.433 e. The molecule has 0 unspecified atom stereocenters. The van der Waals surface area contributed by atoms with Crippen molar-refractivity contribution in [3.05, 3.63) is 64.6 Å². The van der Waals surface area contributed by atoms with Gasteiger partial charge in [0, 0.05) is 46.0 Å². The van der Waals surface area contributed by atoms with E-state index in [1.54, 1.807) is 26.0 Å². The second-order valence-corrected chi connectivity index (χ2v) is 11.5. The van der Waals surface area contributed by atoms with Crippen molar-refractivity contribution in [1.82, 2.24) is 29.3 Å². The Kier molecular flexibility index (Phi) is 8.46. The standard InChI is InChI=1S/C25H29F3N6O5S/c1-16-11-19(38-4)12-17(2)22(16)40(36,37)32(3)15-21-30-31-23(39-21)24(35)34-9-7-33(8-10-34)14-18-5-6-20(29-13-18)25(26,27)28/h5-6,11-13H,7-10,14-15H2,1-4H3. The van der Waals surface area contributed by atoms with Crippen LogP contribution in [0.15, 0.2) is 39.8 Å². The molecular formula is C25H29F3N6O5S. The summed E-state index contributed by atoms with van der Waals surface area (Å²) in [5, 5.41) is 7.67. The number of hydrogen-bond donors (Lipinski definition) is 0. The molecule has 3 heterocycles. The monoisotopic (exact) mass is 582 g/mol. The average Bonchev–Trinajstić information content (AvgIpc) is 3.36. The third kappa shape index (κ3) is 6.42. The molecule has 1 saturated heterocycles. The Morgan fingerprint density at radius 2 is 1.75 bits per heavy atom. The van der Waals surface area contributed by atoms with Crippen molar-refractivity contribution in [2.24, 2.45) is 0 Å². The van der Waals surface area contributed by atoms with E-state index in [9.17, 15) is 26.4 Å². The van der Waals surface area contributed by atoms with Crippen molar-refractivity contribution >= 4 is 15.9 Å². The van der Waals surface area contributed by atoms with Crippen LogP contribution in [0, 0.1) is 13.8 Å². The Bertz CT molecular complexity index is 1450. The van der Waals surface area contributed by atoms with E-state index in [4.69, 9.17) is 9.15 Å². The molecule has 4 rings (SSSR count). The first-order valence-electron chi connectivity index (χ1n) is 12.3. The number of aryl methyl sites for hydroxylation is 2. The van der Waals surface area contributed by atoms with E-state index in [0.717, 1.165) is 10.4 Å². The zero-order valence-corrected chi connectivity index (χ0v) is 23.2. The molecule has 0 aliphatic carbocycles. The summed E-state index contributed by atoms with van der Waals surface area (Å²) in [4.78, 5) is 20.1. The summed E-state index contributed by atoms with van der Waals surface area (Å²) < 4.78 is 76.4. The number of carbonyl (C=O) groups is 1. The molecule has 3 aromatic rings. The molecule has 1 aliphatic rings. The Morgan fingerprint density at radius 3 is 2.30 bits per heavy atom. The summed E-state index contributed by atoms with van der Waals surface area (Å²) in [6.45, 7) is 5.17. The number of amides is 1. The predicted molar refractivity (Wildman–Crippen MR) is 136 cm³/mol. The van der Waals surface area contributed by atoms with Gasteiger partial charge in [-0.1, -0.05) is 6.07 Å². The van der Waals surface area contributed by atoms with E-state index in [1.807, 2.05) is 4.90 Å². The SMILES string of the molecule is COc1cc(C)c(S(=O)(=O)N(C)Cc2nnc(C(=O)N3CCN(Cc4ccc(C(F)(F)F)nc4)CC3)o2)c(C)c1. The molecule has 11 nitrogen and oxygen atoms in total. The van der Waals surface area contributed by atoms with Crippen LogP contribution in [0.2, 0.25) is 0 Å². The summed E-state index contributed by atoms with van der Waals surface area (Å²) in [6.07, 6.45) is -3.29. The van der Waals surface area contributed by atoms with Crippen LogP contribution in [-0.2, 0) is 29.3 Å². The normalized spacial score (nSPS) is 15.1. The lowest BCUT2D eigenvalue weighted by molar-refractivity contribution is -0.141. The number of methoxy groups -OCH3 is 1. The predicted octanol–water partition coefficient (Wildman–Crippen LogP) is 2.89. The Hall–Kier alpha value is -3.56. The van der Waals surface area contributed by atoms with Crippen molar-refractivity contribution in [3.63, 3.8) is 0 Å². The number of sulfonamides is 1. The summed E-state index contributed by atoms with van der Waals surface area (Å²) in [5.74, 6) is -0.222. The third-order valence-corrected chi connectivity index (χ3v) is 8.64. The highest BCUT2D eigenvalue weighted by Gasteiger charge is 2.32. The highest BCUT2D eigenvalue weighted by molar-refractivity contribution is 7.89. The van der Waals surface area contributed by atoms with E-state index in [1.165, 1.54) is 31.3 Å². The summed E-state index contributed by atoms with van der Waals surface area (Å²) in [5.41, 5.74) is 0.742. The zero-order valence-electron chi connectivity index (χ0n) is 22.4. The van der Waals surface area contributed by atoms with Crippen molar-refractivity contribution in [2.75, 3.05) is 40.3 Å². The number of aromatic nitrogens is 3. The number of piperazine rings is 1. The van der Waals surface area contributed by atoms with Crippen LogP contribution >= 0.6 is 0 Å². The molecular weight excluding hydrogens is 553 g/mol. The average molecular weight is 583 g/mol. The van der Waals surface area contributed by atoms with Gasteiger partial charge in [0.1, 0.15) is 11.4 Å². The number of carbonyl (C=O) groups excluding carboxylic acids is 1. The van der Waals surface area contributed by atoms with Gasteiger partial charge in [0.25, 0.3) is 0 Å². The number of hydrogen-bond acceptors (Lipinski definition) is 9. The Balaban J connectivity index is 1.34. The quantitative estimate of drug-likeness (QED) is 0.395. The number of benzene rings is 1. The molecule has 40 heavy (non-hydrogen) atoms. The minimum atomic E-state index is -4.49. The number of alkyl halides is 3. The largest absolute Gasteiger partial charge is 0.497 e. The first-order valence-corrected chi connectivity index (χ1v) is 13.7. The lowest BCUT2D eigenvalue weighted by Gasteiger charge is -2.34. The van der Waals surface area contributed by atoms with E-state index in [2.05, 4.69) is 15.2 Å². The van der Waals surface area contributed by atoms with Gasteiger partial charge in [0.2, 0.25) is 15.9 Å². The van der Waals surface area contributed by atoms with E-state index >= 15 is 0 Å². The van der Waals surface area contributed by atoms with Crippen LogP contribution in [0.25, 0.3) is 0 Å². The molecule has 0 saturated carbocycles. The van der Waals surface area contributed by atoms with Gasteiger partial charge < -0.3 is 14.1 Å². The van der Waals surface area contributed by atoms with Gasteiger partial charge in [-0.15, -0.1) is 10.2 Å². The maximum Gasteiger partial charge on any atom is 0.433 e. The molecule has 1 fully saturated rings. The van der Waals surface area contributed by atoms with E-state index in [0.29, 0.717) is 55.2 Å². The van der Waals surface area contributed by atoms with Crippen molar-refractivity contribution in [2.45, 2.75) is 38.0 Å². The topological polar surface area (TPSA) is 122 Å². The zero-order chi connectivity index (χ0) is 29.2. The number of ether oxygens (including phenoxy) is 1. The third-order valence-electron chi connectivity index (χ3n) is 6.53. The van der Waals surface area contributed by atoms with Gasteiger partial charge in [-0.3, -0.25) is 14.7 Å². The highest BCUT2D eigenvalue weighted by Crippen LogP contribution is 2.29. The van der Waals surface area contributed by atoms with Gasteiger partial charge in [0.15, 0.2) is 0 Å². The molecule has 1 aromatic carbocycles. The highest BCUT2D eigenvalue weighted by atomic mass is 32.2. The first-order chi connectivity index (χ1) is 18.8. The molecule has 0 bridgehead atoms. The van der Waals surface area contributed by atoms with Crippen molar-refractivity contribution in [1.29, 1.82) is 0 Å². The molecule has 0 N–H and O–H groups in total. The van der Waals surface area contributed by atoms with Gasteiger partial charge in [-0.05, 0) is 48.7 Å². The molecule has 15 heteroatoms. The fraction of sp³-hybridized carbons (Fsp3) is 0.440. The fourth-order valence-corrected chi connectivity index (χ4v) is 5.98. The molecule has 1 amide bonds. The number of rotatable bonds is 8. The van der Waals surface area contributed by atoms with Gasteiger partial charge in [-0.25, -0.2) is 8.42 Å². The van der Waals surface area contributed by atoms with Crippen LogP contribution in [0.3, 0.4) is 0 Å². The fourth-order valence-electron chi connectivity index (χ4n) is 4.46. The number of pyridine rings is 1. The maximum absolute atomic E-state index is 13.2. The second-order valence-electron chi connectivity index (χ2n) is 9.47. The summed E-state index contributed by atoms with van der Waals surface area (Å²) >= 11 is 0. The van der Waals surface area contributed by atoms with Crippen molar-refractivity contribution in [3.8, 4) is 5.75 Å². The Morgan fingerprint density at radius 1 is 1.10 bits per heavy atom. The summed E-state index contributed by atoms with van der Waals surface area (Å²) in [6, 6.07) is 5.61. The van der Waals surface area contributed by atoms with Gasteiger partial charge in [-0.2, -0.15) is 17.5 Å². The first kappa shape index (κ1) is 29.4. The van der Waals surface area contributed by atoms with Crippen LogP contribution in [-0.4, -0.2) is 83.9 Å². The lowest BCUT2D eigenvalue weighted by atomic mass is 10.1. The van der Waals surface area contributed by atoms with Crippen molar-refractivity contribution < 1.29 is 35.5 Å². The molecule has 1 aliphatic heterocycles. The molecule has 0 atom stereocenters. The number of nitrogens with zero attached hydrogens (tertiary/aromatic N) is 6. The molecule has 2 aromatic heterocycles. The minimum absolute atomic E-state index is 0.0355. The van der Waals surface area contributed by atoms with Gasteiger partial charge in [0.05, 0.1) is 18.6 Å². The second kappa shape index (κ2) is 11.5. The van der Waals surface area contributed by atoms with Gasteiger partial charge >= 0.3 is 18.0 Å².